The van der Waals surface area contributed by atoms with Gasteiger partial charge in [0.25, 0.3) is 0 Å². The molecule has 0 unspecified atom stereocenters. The van der Waals surface area contributed by atoms with Crippen molar-refractivity contribution in [3.8, 4) is 0 Å². The van der Waals surface area contributed by atoms with Crippen LogP contribution in [0.3, 0.4) is 0 Å². The third kappa shape index (κ3) is 5.56. The van der Waals surface area contributed by atoms with Crippen molar-refractivity contribution >= 4 is 16.1 Å². The van der Waals surface area contributed by atoms with E-state index in [1.807, 2.05) is 13.8 Å². The topological polar surface area (TPSA) is 78.9 Å². The number of carbonyl (C=O) groups excluding carboxylic acids is 1. The molecule has 1 aromatic rings. The van der Waals surface area contributed by atoms with Crippen LogP contribution < -0.4 is 0 Å². The number of methoxy groups -OCH3 is 2. The minimum Gasteiger partial charge on any atom is -0.487 e. The largest absolute Gasteiger partial charge is 0.487 e. The Bertz CT molecular complexity index is 674. The summed E-state index contributed by atoms with van der Waals surface area (Å²) in [6, 6.07) is 6.26. The molecule has 0 aliphatic heterocycles. The molecule has 0 radical (unpaired) electrons. The highest BCUT2D eigenvalue weighted by Gasteiger charge is 2.25. The number of carbonyl (C=O) groups is 1. The van der Waals surface area contributed by atoms with Crippen molar-refractivity contribution in [3.05, 3.63) is 41.3 Å². The van der Waals surface area contributed by atoms with E-state index in [1.54, 1.807) is 12.1 Å². The zero-order chi connectivity index (χ0) is 18.2. The Kier molecular flexibility index (Phi) is 7.78. The smallest absolute Gasteiger partial charge is 0.377 e. The molecule has 134 valence electrons. The number of esters is 1. The maximum Gasteiger partial charge on any atom is 0.377 e. The van der Waals surface area contributed by atoms with E-state index >= 15 is 0 Å². The minimum atomic E-state index is -4.06. The second-order valence-corrected chi connectivity index (χ2v) is 6.80. The van der Waals surface area contributed by atoms with Gasteiger partial charge in [0.05, 0.1) is 14.2 Å². The molecule has 6 nitrogen and oxygen atoms in total. The van der Waals surface area contributed by atoms with Crippen LogP contribution in [0.15, 0.2) is 40.7 Å². The Morgan fingerprint density at radius 2 is 1.67 bits per heavy atom. The molecule has 0 aliphatic carbocycles. The van der Waals surface area contributed by atoms with E-state index in [0.717, 1.165) is 18.4 Å². The number of allylic oxidation sites excluding steroid dienone is 1. The number of benzene rings is 1. The summed E-state index contributed by atoms with van der Waals surface area (Å²) in [6.45, 7) is 3.87. The second kappa shape index (κ2) is 9.32. The molecule has 0 saturated carbocycles. The lowest BCUT2D eigenvalue weighted by Crippen LogP contribution is -2.15. The van der Waals surface area contributed by atoms with Gasteiger partial charge in [-0.1, -0.05) is 37.5 Å². The average Bonchev–Trinajstić information content (AvgIpc) is 2.55. The van der Waals surface area contributed by atoms with Gasteiger partial charge in [-0.05, 0) is 25.5 Å². The summed E-state index contributed by atoms with van der Waals surface area (Å²) in [5.74, 6) is -1.05. The molecular formula is C17H24O6S. The van der Waals surface area contributed by atoms with E-state index in [4.69, 9.17) is 8.92 Å². The summed E-state index contributed by atoms with van der Waals surface area (Å²) < 4.78 is 39.8. The second-order valence-electron chi connectivity index (χ2n) is 5.26. The summed E-state index contributed by atoms with van der Waals surface area (Å²) in [4.78, 5) is 11.8. The van der Waals surface area contributed by atoms with Gasteiger partial charge >= 0.3 is 16.1 Å². The number of hydrogen-bond donors (Lipinski definition) is 0. The Morgan fingerprint density at radius 1 is 1.04 bits per heavy atom. The molecular weight excluding hydrogens is 332 g/mol. The van der Waals surface area contributed by atoms with Crippen LogP contribution in [0.4, 0.5) is 0 Å². The zero-order valence-corrected chi connectivity index (χ0v) is 15.3. The highest BCUT2D eigenvalue weighted by atomic mass is 32.2. The van der Waals surface area contributed by atoms with E-state index in [-0.39, 0.29) is 22.8 Å². The molecule has 0 N–H and O–H groups in total. The Hall–Kier alpha value is -2.02. The lowest BCUT2D eigenvalue weighted by Gasteiger charge is -2.14. The van der Waals surface area contributed by atoms with Crippen LogP contribution in [0, 0.1) is 6.92 Å². The van der Waals surface area contributed by atoms with Gasteiger partial charge in [-0.3, -0.25) is 0 Å². The normalized spacial score (nSPS) is 12.3. The third-order valence-electron chi connectivity index (χ3n) is 3.36. The SMILES string of the molecule is CCCCC/C(OS(=O)(=O)c1ccc(C)cc1)=C(/OC)C(=O)OC. The first-order valence-electron chi connectivity index (χ1n) is 7.72. The van der Waals surface area contributed by atoms with Crippen LogP contribution in [-0.4, -0.2) is 28.6 Å². The fraction of sp³-hybridized carbons (Fsp3) is 0.471. The first-order valence-corrected chi connectivity index (χ1v) is 9.13. The Labute approximate surface area is 143 Å². The van der Waals surface area contributed by atoms with E-state index < -0.39 is 16.1 Å². The summed E-state index contributed by atoms with van der Waals surface area (Å²) in [6.07, 6.45) is 2.74. The van der Waals surface area contributed by atoms with Crippen LogP contribution in [0.1, 0.15) is 38.2 Å². The molecule has 0 aliphatic rings. The molecule has 0 heterocycles. The van der Waals surface area contributed by atoms with Crippen molar-refractivity contribution in [3.63, 3.8) is 0 Å². The molecule has 0 fully saturated rings. The molecule has 0 aromatic heterocycles. The van der Waals surface area contributed by atoms with Crippen LogP contribution in [0.2, 0.25) is 0 Å². The van der Waals surface area contributed by atoms with Gasteiger partial charge in [-0.25, -0.2) is 4.79 Å². The molecule has 24 heavy (non-hydrogen) atoms. The van der Waals surface area contributed by atoms with Crippen molar-refractivity contribution in [2.45, 2.75) is 44.4 Å². The van der Waals surface area contributed by atoms with Gasteiger partial charge < -0.3 is 13.7 Å². The van der Waals surface area contributed by atoms with Crippen molar-refractivity contribution in [1.82, 2.24) is 0 Å². The van der Waals surface area contributed by atoms with Crippen LogP contribution >= 0.6 is 0 Å². The van der Waals surface area contributed by atoms with Gasteiger partial charge in [0, 0.05) is 6.42 Å². The van der Waals surface area contributed by atoms with Crippen molar-refractivity contribution in [1.29, 1.82) is 0 Å². The van der Waals surface area contributed by atoms with Crippen LogP contribution in [0.5, 0.6) is 0 Å². The highest BCUT2D eigenvalue weighted by Crippen LogP contribution is 2.23. The lowest BCUT2D eigenvalue weighted by atomic mass is 10.1. The van der Waals surface area contributed by atoms with E-state index in [9.17, 15) is 13.2 Å². The van der Waals surface area contributed by atoms with Crippen LogP contribution in [0.25, 0.3) is 0 Å². The summed E-state index contributed by atoms with van der Waals surface area (Å²) in [5.41, 5.74) is 0.930. The van der Waals surface area contributed by atoms with E-state index in [0.29, 0.717) is 6.42 Å². The number of ether oxygens (including phenoxy) is 2. The molecule has 0 saturated heterocycles. The molecule has 0 spiro atoms. The molecule has 1 aromatic carbocycles. The van der Waals surface area contributed by atoms with Crippen molar-refractivity contribution < 1.29 is 26.9 Å². The quantitative estimate of drug-likeness (QED) is 0.222. The molecule has 0 amide bonds. The fourth-order valence-electron chi connectivity index (χ4n) is 2.02. The standard InChI is InChI=1S/C17H24O6S/c1-5-6-7-8-15(16(21-3)17(18)22-4)23-24(19,20)14-11-9-13(2)10-12-14/h9-12H,5-8H2,1-4H3/b16-15-. The molecule has 0 atom stereocenters. The van der Waals surface area contributed by atoms with Gasteiger partial charge in [0.15, 0.2) is 5.76 Å². The lowest BCUT2D eigenvalue weighted by molar-refractivity contribution is -0.140. The molecule has 1 rings (SSSR count). The van der Waals surface area contributed by atoms with Crippen molar-refractivity contribution in [2.24, 2.45) is 0 Å². The van der Waals surface area contributed by atoms with E-state index in [2.05, 4.69) is 4.74 Å². The maximum atomic E-state index is 12.5. The number of aryl methyl sites for hydroxylation is 1. The fourth-order valence-corrected chi connectivity index (χ4v) is 3.01. The average molecular weight is 356 g/mol. The van der Waals surface area contributed by atoms with Crippen LogP contribution in [-0.2, 0) is 28.6 Å². The minimum absolute atomic E-state index is 0.0152. The van der Waals surface area contributed by atoms with Gasteiger partial charge in [-0.15, -0.1) is 0 Å². The van der Waals surface area contributed by atoms with E-state index in [1.165, 1.54) is 26.4 Å². The summed E-state index contributed by atoms with van der Waals surface area (Å²) >= 11 is 0. The highest BCUT2D eigenvalue weighted by molar-refractivity contribution is 7.86. The molecule has 0 bridgehead atoms. The van der Waals surface area contributed by atoms with Gasteiger partial charge in [0.1, 0.15) is 4.90 Å². The number of rotatable bonds is 9. The third-order valence-corrected chi connectivity index (χ3v) is 4.63. The number of unbranched alkanes of at least 4 members (excludes halogenated alkanes) is 2. The first kappa shape index (κ1) is 20.0. The van der Waals surface area contributed by atoms with Gasteiger partial charge in [0.2, 0.25) is 5.76 Å². The zero-order valence-electron chi connectivity index (χ0n) is 14.5. The predicted molar refractivity (Wildman–Crippen MR) is 89.6 cm³/mol. The number of hydrogen-bond acceptors (Lipinski definition) is 6. The Morgan fingerprint density at radius 3 is 2.17 bits per heavy atom. The molecule has 7 heteroatoms. The summed E-state index contributed by atoms with van der Waals surface area (Å²) in [5, 5.41) is 0. The Balaban J connectivity index is 3.17. The first-order chi connectivity index (χ1) is 11.4. The monoisotopic (exact) mass is 356 g/mol. The van der Waals surface area contributed by atoms with Crippen molar-refractivity contribution in [2.75, 3.05) is 14.2 Å². The van der Waals surface area contributed by atoms with Gasteiger partial charge in [-0.2, -0.15) is 8.42 Å². The maximum absolute atomic E-state index is 12.5. The predicted octanol–water partition coefficient (Wildman–Crippen LogP) is 3.31. The summed E-state index contributed by atoms with van der Waals surface area (Å²) in [7, 11) is -1.59.